The largest absolute Gasteiger partial charge is 0.491 e. The van der Waals surface area contributed by atoms with Crippen LogP contribution >= 0.6 is 0 Å². The molecular weight excluding hydrogens is 340 g/mol. The van der Waals surface area contributed by atoms with E-state index < -0.39 is 10.0 Å². The molecule has 0 aliphatic carbocycles. The molecule has 2 rings (SSSR count). The Hall–Kier alpha value is -2.25. The van der Waals surface area contributed by atoms with E-state index in [1.165, 1.54) is 12.1 Å². The molecule has 7 heteroatoms. The summed E-state index contributed by atoms with van der Waals surface area (Å²) < 4.78 is 38.0. The maximum absolute atomic E-state index is 12.4. The van der Waals surface area contributed by atoms with Crippen LogP contribution in [-0.2, 0) is 14.8 Å². The molecule has 0 bridgehead atoms. The fourth-order valence-electron chi connectivity index (χ4n) is 2.14. The standard InChI is InChI=1S/C18H24N2O4S/c1-14(2)24-17-8-10-18(11-9-17)25(21,22)20-16-6-4-15(5-7-16)19-12-13-23-3/h4-11,14,19-20H,12-13H2,1-3H3. The number of benzene rings is 2. The van der Waals surface area contributed by atoms with Crippen molar-refractivity contribution in [2.24, 2.45) is 0 Å². The number of methoxy groups -OCH3 is 1. The maximum Gasteiger partial charge on any atom is 0.261 e. The first-order chi connectivity index (χ1) is 11.9. The molecule has 0 saturated heterocycles. The van der Waals surface area contributed by atoms with Crippen LogP contribution in [0.2, 0.25) is 0 Å². The third-order valence-electron chi connectivity index (χ3n) is 3.28. The first-order valence-electron chi connectivity index (χ1n) is 8.03. The van der Waals surface area contributed by atoms with Gasteiger partial charge in [0, 0.05) is 25.0 Å². The monoisotopic (exact) mass is 364 g/mol. The van der Waals surface area contributed by atoms with Gasteiger partial charge in [-0.3, -0.25) is 4.72 Å². The number of anilines is 2. The molecule has 136 valence electrons. The fourth-order valence-corrected chi connectivity index (χ4v) is 3.20. The first-order valence-corrected chi connectivity index (χ1v) is 9.51. The minimum Gasteiger partial charge on any atom is -0.491 e. The van der Waals surface area contributed by atoms with Crippen LogP contribution in [0.15, 0.2) is 53.4 Å². The summed E-state index contributed by atoms with van der Waals surface area (Å²) in [7, 11) is -2.00. The van der Waals surface area contributed by atoms with Crippen molar-refractivity contribution in [3.63, 3.8) is 0 Å². The van der Waals surface area contributed by atoms with Gasteiger partial charge in [-0.15, -0.1) is 0 Å². The van der Waals surface area contributed by atoms with Crippen molar-refractivity contribution in [3.05, 3.63) is 48.5 Å². The van der Waals surface area contributed by atoms with Crippen molar-refractivity contribution in [1.29, 1.82) is 0 Å². The second-order valence-corrected chi connectivity index (χ2v) is 7.42. The van der Waals surface area contributed by atoms with Crippen LogP contribution in [0.4, 0.5) is 11.4 Å². The van der Waals surface area contributed by atoms with Gasteiger partial charge in [0.1, 0.15) is 5.75 Å². The van der Waals surface area contributed by atoms with Crippen LogP contribution in [0.25, 0.3) is 0 Å². The molecule has 0 fully saturated rings. The van der Waals surface area contributed by atoms with E-state index in [0.717, 1.165) is 5.69 Å². The van der Waals surface area contributed by atoms with Gasteiger partial charge < -0.3 is 14.8 Å². The molecule has 0 heterocycles. The van der Waals surface area contributed by atoms with Gasteiger partial charge in [0.2, 0.25) is 0 Å². The molecule has 0 unspecified atom stereocenters. The Morgan fingerprint density at radius 3 is 2.12 bits per heavy atom. The maximum atomic E-state index is 12.4. The number of hydrogen-bond donors (Lipinski definition) is 2. The molecule has 2 aromatic carbocycles. The summed E-state index contributed by atoms with van der Waals surface area (Å²) in [6.07, 6.45) is 0.0385. The smallest absolute Gasteiger partial charge is 0.261 e. The van der Waals surface area contributed by atoms with Crippen molar-refractivity contribution in [1.82, 2.24) is 0 Å². The number of ether oxygens (including phenoxy) is 2. The zero-order valence-corrected chi connectivity index (χ0v) is 15.5. The lowest BCUT2D eigenvalue weighted by Crippen LogP contribution is -2.13. The van der Waals surface area contributed by atoms with Crippen LogP contribution in [0, 0.1) is 0 Å². The van der Waals surface area contributed by atoms with Gasteiger partial charge in [0.25, 0.3) is 10.0 Å². The molecular formula is C18H24N2O4S. The molecule has 0 saturated carbocycles. The highest BCUT2D eigenvalue weighted by Gasteiger charge is 2.14. The number of hydrogen-bond acceptors (Lipinski definition) is 5. The van der Waals surface area contributed by atoms with Crippen molar-refractivity contribution < 1.29 is 17.9 Å². The highest BCUT2D eigenvalue weighted by molar-refractivity contribution is 7.92. The van der Waals surface area contributed by atoms with E-state index in [9.17, 15) is 8.42 Å². The molecule has 0 amide bonds. The van der Waals surface area contributed by atoms with Gasteiger partial charge in [-0.25, -0.2) is 8.42 Å². The summed E-state index contributed by atoms with van der Waals surface area (Å²) in [5.41, 5.74) is 1.40. The second-order valence-electron chi connectivity index (χ2n) is 5.74. The Morgan fingerprint density at radius 2 is 1.56 bits per heavy atom. The molecule has 0 aliphatic heterocycles. The van der Waals surface area contributed by atoms with E-state index in [1.807, 2.05) is 26.0 Å². The lowest BCUT2D eigenvalue weighted by molar-refractivity contribution is 0.211. The predicted octanol–water partition coefficient (Wildman–Crippen LogP) is 3.33. The summed E-state index contributed by atoms with van der Waals surface area (Å²) in [5.74, 6) is 0.639. The molecule has 2 aromatic rings. The van der Waals surface area contributed by atoms with Gasteiger partial charge >= 0.3 is 0 Å². The molecule has 25 heavy (non-hydrogen) atoms. The van der Waals surface area contributed by atoms with Crippen molar-refractivity contribution >= 4 is 21.4 Å². The third-order valence-corrected chi connectivity index (χ3v) is 4.68. The molecule has 0 aliphatic rings. The lowest BCUT2D eigenvalue weighted by Gasteiger charge is -2.12. The minimum atomic E-state index is -3.64. The highest BCUT2D eigenvalue weighted by atomic mass is 32.2. The Kier molecular flexibility index (Phi) is 6.66. The quantitative estimate of drug-likeness (QED) is 0.668. The first kappa shape index (κ1) is 19.1. The van der Waals surface area contributed by atoms with Crippen LogP contribution in [0.5, 0.6) is 5.75 Å². The van der Waals surface area contributed by atoms with Gasteiger partial charge in [0.05, 0.1) is 17.6 Å². The summed E-state index contributed by atoms with van der Waals surface area (Å²) in [6, 6.07) is 13.4. The summed E-state index contributed by atoms with van der Waals surface area (Å²) in [6.45, 7) is 5.12. The molecule has 2 N–H and O–H groups in total. The van der Waals surface area contributed by atoms with Crippen LogP contribution in [0.3, 0.4) is 0 Å². The summed E-state index contributed by atoms with van der Waals surface area (Å²) in [4.78, 5) is 0.186. The highest BCUT2D eigenvalue weighted by Crippen LogP contribution is 2.21. The number of nitrogens with one attached hydrogen (secondary N) is 2. The number of rotatable bonds is 9. The second kappa shape index (κ2) is 8.73. The van der Waals surface area contributed by atoms with E-state index in [4.69, 9.17) is 9.47 Å². The Labute approximate surface area is 149 Å². The molecule has 0 spiro atoms. The zero-order chi connectivity index (χ0) is 18.3. The predicted molar refractivity (Wildman–Crippen MR) is 99.8 cm³/mol. The topological polar surface area (TPSA) is 76.7 Å². The van der Waals surface area contributed by atoms with Gasteiger partial charge in [-0.2, -0.15) is 0 Å². The Bertz CT molecular complexity index is 757. The van der Waals surface area contributed by atoms with Gasteiger partial charge in [0.15, 0.2) is 0 Å². The van der Waals surface area contributed by atoms with E-state index >= 15 is 0 Å². The molecule has 6 nitrogen and oxygen atoms in total. The molecule has 0 aromatic heterocycles. The van der Waals surface area contributed by atoms with Crippen molar-refractivity contribution in [2.75, 3.05) is 30.3 Å². The van der Waals surface area contributed by atoms with Crippen molar-refractivity contribution in [3.8, 4) is 5.75 Å². The van der Waals surface area contributed by atoms with Crippen LogP contribution in [-0.4, -0.2) is 34.8 Å². The molecule has 0 atom stereocenters. The van der Waals surface area contributed by atoms with E-state index in [2.05, 4.69) is 10.0 Å². The third kappa shape index (κ3) is 5.95. The average molecular weight is 364 g/mol. The summed E-state index contributed by atoms with van der Waals surface area (Å²) >= 11 is 0. The average Bonchev–Trinajstić information content (AvgIpc) is 2.56. The molecule has 0 radical (unpaired) electrons. The SMILES string of the molecule is COCCNc1ccc(NS(=O)(=O)c2ccc(OC(C)C)cc2)cc1. The lowest BCUT2D eigenvalue weighted by atomic mass is 10.3. The summed E-state index contributed by atoms with van der Waals surface area (Å²) in [5, 5.41) is 3.17. The minimum absolute atomic E-state index is 0.0385. The van der Waals surface area contributed by atoms with Gasteiger partial charge in [-0.05, 0) is 62.4 Å². The van der Waals surface area contributed by atoms with Gasteiger partial charge in [-0.1, -0.05) is 0 Å². The fraction of sp³-hybridized carbons (Fsp3) is 0.333. The number of sulfonamides is 1. The Morgan fingerprint density at radius 1 is 0.960 bits per heavy atom. The van der Waals surface area contributed by atoms with Crippen molar-refractivity contribution in [2.45, 2.75) is 24.8 Å². The van der Waals surface area contributed by atoms with E-state index in [0.29, 0.717) is 24.6 Å². The zero-order valence-electron chi connectivity index (χ0n) is 14.7. The van der Waals surface area contributed by atoms with E-state index in [-0.39, 0.29) is 11.0 Å². The van der Waals surface area contributed by atoms with E-state index in [1.54, 1.807) is 31.4 Å². The van der Waals surface area contributed by atoms with Crippen LogP contribution in [0.1, 0.15) is 13.8 Å². The Balaban J connectivity index is 2.02. The van der Waals surface area contributed by atoms with Crippen LogP contribution < -0.4 is 14.8 Å². The normalized spacial score (nSPS) is 11.4.